The molecule has 0 fully saturated rings. The van der Waals surface area contributed by atoms with Crippen molar-refractivity contribution < 1.29 is 0 Å². The summed E-state index contributed by atoms with van der Waals surface area (Å²) in [5.41, 5.74) is 1.64. The van der Waals surface area contributed by atoms with Gasteiger partial charge in [-0.15, -0.1) is 11.6 Å². The van der Waals surface area contributed by atoms with Crippen LogP contribution in [0, 0.1) is 0 Å². The molecule has 0 bridgehead atoms. The Balaban J connectivity index is 2.20. The average Bonchev–Trinajstić information content (AvgIpc) is 2.52. The van der Waals surface area contributed by atoms with Crippen LogP contribution in [0.5, 0.6) is 0 Å². The molecule has 2 aromatic carbocycles. The summed E-state index contributed by atoms with van der Waals surface area (Å²) >= 11 is 9.48. The van der Waals surface area contributed by atoms with Crippen molar-refractivity contribution in [2.24, 2.45) is 0 Å². The van der Waals surface area contributed by atoms with Crippen molar-refractivity contribution in [3.8, 4) is 0 Å². The molecule has 0 N–H and O–H groups in total. The lowest BCUT2D eigenvalue weighted by Gasteiger charge is -2.13. The predicted molar refractivity (Wildman–Crippen MR) is 88.8 cm³/mol. The van der Waals surface area contributed by atoms with Gasteiger partial charge in [-0.25, -0.2) is 4.98 Å². The van der Waals surface area contributed by atoms with Crippen LogP contribution in [0.3, 0.4) is 0 Å². The molecule has 0 saturated carbocycles. The van der Waals surface area contributed by atoms with Gasteiger partial charge in [0.25, 0.3) is 5.56 Å². The molecule has 1 heterocycles. The van der Waals surface area contributed by atoms with Gasteiger partial charge in [-0.3, -0.25) is 9.36 Å². The normalized spacial score (nSPS) is 11.0. The number of hydrogen-bond donors (Lipinski definition) is 0. The van der Waals surface area contributed by atoms with Crippen molar-refractivity contribution in [3.05, 3.63) is 74.7 Å². The van der Waals surface area contributed by atoms with Gasteiger partial charge < -0.3 is 0 Å². The Labute approximate surface area is 135 Å². The van der Waals surface area contributed by atoms with E-state index < -0.39 is 0 Å². The van der Waals surface area contributed by atoms with Crippen LogP contribution in [0.15, 0.2) is 57.8 Å². The molecule has 0 spiro atoms. The molecule has 3 aromatic rings. The van der Waals surface area contributed by atoms with Crippen molar-refractivity contribution in [2.45, 2.75) is 12.4 Å². The molecule has 0 atom stereocenters. The van der Waals surface area contributed by atoms with Crippen LogP contribution in [0.4, 0.5) is 0 Å². The summed E-state index contributed by atoms with van der Waals surface area (Å²) in [4.78, 5) is 17.2. The highest BCUT2D eigenvalue weighted by molar-refractivity contribution is 9.10. The lowest BCUT2D eigenvalue weighted by molar-refractivity contribution is 0.704. The van der Waals surface area contributed by atoms with E-state index >= 15 is 0 Å². The van der Waals surface area contributed by atoms with E-state index in [-0.39, 0.29) is 11.4 Å². The summed E-state index contributed by atoms with van der Waals surface area (Å²) in [5, 5.41) is 0.610. The lowest BCUT2D eigenvalue weighted by Crippen LogP contribution is -2.25. The average molecular weight is 364 g/mol. The number of hydrogen-bond acceptors (Lipinski definition) is 2. The highest BCUT2D eigenvalue weighted by atomic mass is 79.9. The molecule has 106 valence electrons. The van der Waals surface area contributed by atoms with Gasteiger partial charge in [-0.05, 0) is 23.8 Å². The summed E-state index contributed by atoms with van der Waals surface area (Å²) < 4.78 is 2.60. The molecule has 3 nitrogen and oxygen atoms in total. The standard InChI is InChI=1S/C16H12BrClN2O/c17-13-7-3-1-5-11(13)10-20-15(9-18)19-14-8-4-2-6-12(14)16(20)21/h1-8H,9-10H2. The first kappa shape index (κ1) is 14.3. The van der Waals surface area contributed by atoms with Gasteiger partial charge in [0.1, 0.15) is 5.82 Å². The topological polar surface area (TPSA) is 34.9 Å². The Morgan fingerprint density at radius 1 is 1.10 bits per heavy atom. The molecular formula is C16H12BrClN2O. The number of benzene rings is 2. The van der Waals surface area contributed by atoms with Crippen LogP contribution in [0.2, 0.25) is 0 Å². The van der Waals surface area contributed by atoms with Gasteiger partial charge in [0.2, 0.25) is 0 Å². The van der Waals surface area contributed by atoms with Gasteiger partial charge in [-0.1, -0.05) is 46.3 Å². The third-order valence-corrected chi connectivity index (χ3v) is 4.36. The van der Waals surface area contributed by atoms with Gasteiger partial charge in [0.05, 0.1) is 23.3 Å². The monoisotopic (exact) mass is 362 g/mol. The van der Waals surface area contributed by atoms with E-state index in [9.17, 15) is 4.79 Å². The molecule has 0 aliphatic rings. The third kappa shape index (κ3) is 2.74. The second kappa shape index (κ2) is 6.00. The number of rotatable bonds is 3. The molecule has 0 saturated heterocycles. The van der Waals surface area contributed by atoms with Crippen LogP contribution in [0.25, 0.3) is 10.9 Å². The molecule has 5 heteroatoms. The summed E-state index contributed by atoms with van der Waals surface area (Å²) in [6, 6.07) is 15.1. The van der Waals surface area contributed by atoms with Crippen LogP contribution >= 0.6 is 27.5 Å². The minimum atomic E-state index is -0.0630. The maximum atomic E-state index is 12.7. The minimum absolute atomic E-state index is 0.0630. The second-order valence-electron chi connectivity index (χ2n) is 4.66. The van der Waals surface area contributed by atoms with Gasteiger partial charge in [0.15, 0.2) is 0 Å². The first-order valence-electron chi connectivity index (χ1n) is 6.48. The van der Waals surface area contributed by atoms with E-state index in [1.165, 1.54) is 0 Å². The largest absolute Gasteiger partial charge is 0.291 e. The first-order chi connectivity index (χ1) is 10.2. The lowest BCUT2D eigenvalue weighted by atomic mass is 10.2. The van der Waals surface area contributed by atoms with Crippen molar-refractivity contribution >= 4 is 38.4 Å². The quantitative estimate of drug-likeness (QED) is 0.661. The fourth-order valence-corrected chi connectivity index (χ4v) is 2.89. The molecule has 0 unspecified atom stereocenters. The number of nitrogens with zero attached hydrogens (tertiary/aromatic N) is 2. The highest BCUT2D eigenvalue weighted by Gasteiger charge is 2.11. The number of para-hydroxylation sites is 1. The maximum absolute atomic E-state index is 12.7. The van der Waals surface area contributed by atoms with Gasteiger partial charge in [-0.2, -0.15) is 0 Å². The summed E-state index contributed by atoms with van der Waals surface area (Å²) in [5.74, 6) is 0.779. The Morgan fingerprint density at radius 2 is 1.81 bits per heavy atom. The molecular weight excluding hydrogens is 352 g/mol. The Morgan fingerprint density at radius 3 is 2.57 bits per heavy atom. The fraction of sp³-hybridized carbons (Fsp3) is 0.125. The Hall–Kier alpha value is -1.65. The molecule has 0 radical (unpaired) electrons. The zero-order chi connectivity index (χ0) is 14.8. The SMILES string of the molecule is O=c1c2ccccc2nc(CCl)n1Cc1ccccc1Br. The first-order valence-corrected chi connectivity index (χ1v) is 7.81. The second-order valence-corrected chi connectivity index (χ2v) is 5.78. The van der Waals surface area contributed by atoms with Crippen LogP contribution in [-0.4, -0.2) is 9.55 Å². The Kier molecular flexibility index (Phi) is 4.08. The van der Waals surface area contributed by atoms with Crippen molar-refractivity contribution in [1.29, 1.82) is 0 Å². The van der Waals surface area contributed by atoms with E-state index in [4.69, 9.17) is 11.6 Å². The summed E-state index contributed by atoms with van der Waals surface area (Å²) in [7, 11) is 0. The highest BCUT2D eigenvalue weighted by Crippen LogP contribution is 2.18. The molecule has 0 aliphatic heterocycles. The van der Waals surface area contributed by atoms with Crippen LogP contribution in [-0.2, 0) is 12.4 Å². The molecule has 21 heavy (non-hydrogen) atoms. The summed E-state index contributed by atoms with van der Waals surface area (Å²) in [6.07, 6.45) is 0. The van der Waals surface area contributed by atoms with Crippen molar-refractivity contribution in [1.82, 2.24) is 9.55 Å². The summed E-state index contributed by atoms with van der Waals surface area (Å²) in [6.45, 7) is 0.445. The zero-order valence-corrected chi connectivity index (χ0v) is 13.4. The number of alkyl halides is 1. The van der Waals surface area contributed by atoms with Gasteiger partial charge in [0, 0.05) is 4.47 Å². The van der Waals surface area contributed by atoms with Crippen LogP contribution in [0.1, 0.15) is 11.4 Å². The number of halogens is 2. The Bertz CT molecular complexity index is 860. The smallest absolute Gasteiger partial charge is 0.261 e. The van der Waals surface area contributed by atoms with E-state index in [1.807, 2.05) is 42.5 Å². The third-order valence-electron chi connectivity index (χ3n) is 3.35. The molecule has 0 aliphatic carbocycles. The molecule has 0 amide bonds. The molecule has 1 aromatic heterocycles. The maximum Gasteiger partial charge on any atom is 0.261 e. The fourth-order valence-electron chi connectivity index (χ4n) is 2.28. The van der Waals surface area contributed by atoms with E-state index in [0.29, 0.717) is 23.3 Å². The minimum Gasteiger partial charge on any atom is -0.291 e. The van der Waals surface area contributed by atoms with E-state index in [2.05, 4.69) is 20.9 Å². The van der Waals surface area contributed by atoms with Crippen molar-refractivity contribution in [3.63, 3.8) is 0 Å². The zero-order valence-electron chi connectivity index (χ0n) is 11.1. The van der Waals surface area contributed by atoms with Crippen LogP contribution < -0.4 is 5.56 Å². The van der Waals surface area contributed by atoms with E-state index in [1.54, 1.807) is 10.6 Å². The predicted octanol–water partition coefficient (Wildman–Crippen LogP) is 3.95. The van der Waals surface area contributed by atoms with Gasteiger partial charge >= 0.3 is 0 Å². The van der Waals surface area contributed by atoms with Crippen molar-refractivity contribution in [2.75, 3.05) is 0 Å². The molecule has 3 rings (SSSR count). The number of fused-ring (bicyclic) bond motifs is 1. The van der Waals surface area contributed by atoms with E-state index in [0.717, 1.165) is 10.0 Å². The number of aromatic nitrogens is 2.